The molecule has 1 unspecified atom stereocenters. The molecule has 1 saturated heterocycles. The summed E-state index contributed by atoms with van der Waals surface area (Å²) in [5.74, 6) is -0.328. The summed E-state index contributed by atoms with van der Waals surface area (Å²) < 4.78 is 15.9. The zero-order chi connectivity index (χ0) is 22.1. The fourth-order valence-electron chi connectivity index (χ4n) is 3.16. The molecule has 30 heavy (non-hydrogen) atoms. The van der Waals surface area contributed by atoms with Crippen molar-refractivity contribution in [3.63, 3.8) is 0 Å². The van der Waals surface area contributed by atoms with Crippen LogP contribution < -0.4 is 0 Å². The minimum atomic E-state index is -0.630. The van der Waals surface area contributed by atoms with Crippen molar-refractivity contribution in [1.82, 2.24) is 9.80 Å². The fourth-order valence-corrected chi connectivity index (χ4v) is 3.16. The van der Waals surface area contributed by atoms with Gasteiger partial charge in [-0.05, 0) is 39.7 Å². The van der Waals surface area contributed by atoms with Crippen molar-refractivity contribution in [3.05, 3.63) is 35.9 Å². The number of piperazine rings is 1. The average Bonchev–Trinajstić information content (AvgIpc) is 2.70. The molecule has 1 atom stereocenters. The quantitative estimate of drug-likeness (QED) is 0.516. The summed E-state index contributed by atoms with van der Waals surface area (Å²) in [5.41, 5.74) is 0.270. The summed E-state index contributed by atoms with van der Waals surface area (Å²) in [4.78, 5) is 40.1. The SMILES string of the molecule is CCOC(=O)CCC1CN(C(=O)OCc2ccccc2)CCN1C(=O)OC(C)(C)C. The predicted octanol–water partition coefficient (Wildman–Crippen LogP) is 3.59. The van der Waals surface area contributed by atoms with Crippen molar-refractivity contribution in [1.29, 1.82) is 0 Å². The molecular formula is C22H32N2O6. The van der Waals surface area contributed by atoms with E-state index in [2.05, 4.69) is 0 Å². The lowest BCUT2D eigenvalue weighted by Gasteiger charge is -2.41. The van der Waals surface area contributed by atoms with Crippen molar-refractivity contribution in [2.45, 2.75) is 58.8 Å². The molecule has 0 aliphatic carbocycles. The summed E-state index contributed by atoms with van der Waals surface area (Å²) in [6, 6.07) is 9.08. The Balaban J connectivity index is 2.00. The monoisotopic (exact) mass is 420 g/mol. The Hall–Kier alpha value is -2.77. The molecule has 1 aliphatic rings. The molecule has 1 aromatic carbocycles. The van der Waals surface area contributed by atoms with Gasteiger partial charge >= 0.3 is 18.2 Å². The number of carbonyl (C=O) groups is 3. The molecule has 8 heteroatoms. The van der Waals surface area contributed by atoms with E-state index in [-0.39, 0.29) is 31.6 Å². The Labute approximate surface area is 178 Å². The highest BCUT2D eigenvalue weighted by atomic mass is 16.6. The Kier molecular flexibility index (Phi) is 8.50. The van der Waals surface area contributed by atoms with Crippen LogP contribution in [0.1, 0.15) is 46.1 Å². The zero-order valence-corrected chi connectivity index (χ0v) is 18.3. The van der Waals surface area contributed by atoms with Crippen LogP contribution in [0.3, 0.4) is 0 Å². The topological polar surface area (TPSA) is 85.4 Å². The van der Waals surface area contributed by atoms with Gasteiger partial charge in [-0.25, -0.2) is 9.59 Å². The molecule has 0 spiro atoms. The standard InChI is InChI=1S/C22H32N2O6/c1-5-28-19(25)12-11-18-15-23(13-14-24(18)21(27)30-22(2,3)4)20(26)29-16-17-9-7-6-8-10-17/h6-10,18H,5,11-16H2,1-4H3. The van der Waals surface area contributed by atoms with Gasteiger partial charge in [0.2, 0.25) is 0 Å². The van der Waals surface area contributed by atoms with Gasteiger partial charge in [-0.1, -0.05) is 30.3 Å². The summed E-state index contributed by atoms with van der Waals surface area (Å²) in [7, 11) is 0. The van der Waals surface area contributed by atoms with Crippen LogP contribution in [0.15, 0.2) is 30.3 Å². The number of hydrogen-bond acceptors (Lipinski definition) is 6. The number of carbonyl (C=O) groups excluding carboxylic acids is 3. The van der Waals surface area contributed by atoms with E-state index in [9.17, 15) is 14.4 Å². The van der Waals surface area contributed by atoms with Gasteiger partial charge in [-0.15, -0.1) is 0 Å². The summed E-state index contributed by atoms with van der Waals surface area (Å²) in [5, 5.41) is 0. The fraction of sp³-hybridized carbons (Fsp3) is 0.591. The van der Waals surface area contributed by atoms with E-state index in [0.717, 1.165) is 5.56 Å². The molecule has 0 saturated carbocycles. The minimum absolute atomic E-state index is 0.157. The Morgan fingerprint density at radius 3 is 2.37 bits per heavy atom. The first-order chi connectivity index (χ1) is 14.2. The number of ether oxygens (including phenoxy) is 3. The Bertz CT molecular complexity index is 716. The van der Waals surface area contributed by atoms with Crippen LogP contribution in [0.2, 0.25) is 0 Å². The van der Waals surface area contributed by atoms with Crippen LogP contribution in [0.25, 0.3) is 0 Å². The normalized spacial score (nSPS) is 16.7. The smallest absolute Gasteiger partial charge is 0.410 e. The van der Waals surface area contributed by atoms with Gasteiger partial charge in [0.15, 0.2) is 0 Å². The molecule has 1 aliphatic heterocycles. The summed E-state index contributed by atoms with van der Waals surface area (Å²) in [6.45, 7) is 8.55. The molecule has 0 aromatic heterocycles. The lowest BCUT2D eigenvalue weighted by atomic mass is 10.1. The molecule has 2 rings (SSSR count). The van der Waals surface area contributed by atoms with Crippen LogP contribution >= 0.6 is 0 Å². The first-order valence-corrected chi connectivity index (χ1v) is 10.3. The van der Waals surface area contributed by atoms with E-state index in [1.165, 1.54) is 0 Å². The lowest BCUT2D eigenvalue weighted by molar-refractivity contribution is -0.143. The van der Waals surface area contributed by atoms with Gasteiger partial charge in [-0.2, -0.15) is 0 Å². The molecule has 0 radical (unpaired) electrons. The molecule has 8 nitrogen and oxygen atoms in total. The number of rotatable bonds is 6. The molecule has 1 fully saturated rings. The predicted molar refractivity (Wildman–Crippen MR) is 111 cm³/mol. The van der Waals surface area contributed by atoms with E-state index >= 15 is 0 Å². The molecule has 2 amide bonds. The summed E-state index contributed by atoms with van der Waals surface area (Å²) in [6.07, 6.45) is -0.358. The number of nitrogens with zero attached hydrogens (tertiary/aromatic N) is 2. The van der Waals surface area contributed by atoms with Gasteiger partial charge in [0.05, 0.1) is 12.6 Å². The number of benzene rings is 1. The lowest BCUT2D eigenvalue weighted by Crippen LogP contribution is -2.57. The molecule has 1 heterocycles. The van der Waals surface area contributed by atoms with E-state index in [0.29, 0.717) is 26.1 Å². The Morgan fingerprint density at radius 2 is 1.73 bits per heavy atom. The van der Waals surface area contributed by atoms with Crippen molar-refractivity contribution in [2.75, 3.05) is 26.2 Å². The third-order valence-electron chi connectivity index (χ3n) is 4.56. The average molecular weight is 421 g/mol. The second kappa shape index (κ2) is 10.8. The van der Waals surface area contributed by atoms with Crippen LogP contribution in [-0.4, -0.2) is 65.8 Å². The molecule has 0 N–H and O–H groups in total. The minimum Gasteiger partial charge on any atom is -0.466 e. The van der Waals surface area contributed by atoms with E-state index in [1.807, 2.05) is 30.3 Å². The highest BCUT2D eigenvalue weighted by Gasteiger charge is 2.35. The van der Waals surface area contributed by atoms with Crippen molar-refractivity contribution < 1.29 is 28.6 Å². The maximum absolute atomic E-state index is 12.6. The maximum Gasteiger partial charge on any atom is 0.410 e. The van der Waals surface area contributed by atoms with Crippen LogP contribution in [-0.2, 0) is 25.6 Å². The van der Waals surface area contributed by atoms with Crippen LogP contribution in [0.5, 0.6) is 0 Å². The highest BCUT2D eigenvalue weighted by Crippen LogP contribution is 2.20. The van der Waals surface area contributed by atoms with Gasteiger partial charge in [-0.3, -0.25) is 4.79 Å². The first-order valence-electron chi connectivity index (χ1n) is 10.3. The number of hydrogen-bond donors (Lipinski definition) is 0. The van der Waals surface area contributed by atoms with Crippen molar-refractivity contribution >= 4 is 18.2 Å². The Morgan fingerprint density at radius 1 is 1.03 bits per heavy atom. The zero-order valence-electron chi connectivity index (χ0n) is 18.3. The van der Waals surface area contributed by atoms with E-state index < -0.39 is 17.8 Å². The van der Waals surface area contributed by atoms with Gasteiger partial charge in [0.25, 0.3) is 0 Å². The second-order valence-electron chi connectivity index (χ2n) is 8.16. The molecule has 0 bridgehead atoms. The summed E-state index contributed by atoms with van der Waals surface area (Å²) >= 11 is 0. The third-order valence-corrected chi connectivity index (χ3v) is 4.56. The van der Waals surface area contributed by atoms with Crippen molar-refractivity contribution in [2.24, 2.45) is 0 Å². The molecule has 166 valence electrons. The van der Waals surface area contributed by atoms with E-state index in [4.69, 9.17) is 14.2 Å². The van der Waals surface area contributed by atoms with E-state index in [1.54, 1.807) is 37.5 Å². The molecule has 1 aromatic rings. The van der Waals surface area contributed by atoms with Crippen LogP contribution in [0.4, 0.5) is 9.59 Å². The molecular weight excluding hydrogens is 388 g/mol. The van der Waals surface area contributed by atoms with Gasteiger partial charge in [0.1, 0.15) is 12.2 Å². The van der Waals surface area contributed by atoms with Crippen molar-refractivity contribution in [3.8, 4) is 0 Å². The van der Waals surface area contributed by atoms with Crippen LogP contribution in [0, 0.1) is 0 Å². The maximum atomic E-state index is 12.6. The number of amides is 2. The highest BCUT2D eigenvalue weighted by molar-refractivity contribution is 5.72. The second-order valence-corrected chi connectivity index (χ2v) is 8.16. The van der Waals surface area contributed by atoms with Gasteiger partial charge < -0.3 is 24.0 Å². The van der Waals surface area contributed by atoms with Gasteiger partial charge in [0, 0.05) is 26.1 Å². The first kappa shape index (κ1) is 23.5. The third kappa shape index (κ3) is 7.57. The largest absolute Gasteiger partial charge is 0.466 e. The number of esters is 1.